The Balaban J connectivity index is 1.97. The summed E-state index contributed by atoms with van der Waals surface area (Å²) in [6.07, 6.45) is 2.12. The van der Waals surface area contributed by atoms with Crippen LogP contribution in [0.2, 0.25) is 0 Å². The number of unbranched alkanes of at least 4 members (excludes halogenated alkanes) is 1. The van der Waals surface area contributed by atoms with Crippen molar-refractivity contribution in [2.75, 3.05) is 0 Å². The number of para-hydroxylation sites is 1. The summed E-state index contributed by atoms with van der Waals surface area (Å²) >= 11 is 0. The number of rotatable bonds is 7. The summed E-state index contributed by atoms with van der Waals surface area (Å²) in [6, 6.07) is 14.8. The van der Waals surface area contributed by atoms with Crippen LogP contribution >= 0.6 is 0 Å². The standard InChI is InChI=1S/C20H21N3O4/c1-2-3-13-20(16-10-5-4-6-11-16)18(24)22(19(25)21-20)14-15-9-7-8-12-17(15)23(26)27/h4-12H,2-3,13-14H2,1H3,(H,21,25). The number of nitrogens with zero attached hydrogens (tertiary/aromatic N) is 2. The average molecular weight is 367 g/mol. The largest absolute Gasteiger partial charge is 0.325 e. The lowest BCUT2D eigenvalue weighted by Gasteiger charge is -2.27. The second kappa shape index (κ2) is 7.57. The lowest BCUT2D eigenvalue weighted by molar-refractivity contribution is -0.385. The zero-order valence-electron chi connectivity index (χ0n) is 15.1. The van der Waals surface area contributed by atoms with Gasteiger partial charge in [-0.1, -0.05) is 68.3 Å². The quantitative estimate of drug-likeness (QED) is 0.458. The number of carbonyl (C=O) groups excluding carboxylic acids is 2. The molecule has 0 aliphatic carbocycles. The molecule has 27 heavy (non-hydrogen) atoms. The lowest BCUT2D eigenvalue weighted by Crippen LogP contribution is -2.44. The number of imide groups is 1. The van der Waals surface area contributed by atoms with E-state index in [4.69, 9.17) is 0 Å². The van der Waals surface area contributed by atoms with Crippen LogP contribution in [-0.4, -0.2) is 21.8 Å². The van der Waals surface area contributed by atoms with E-state index in [1.54, 1.807) is 18.2 Å². The Morgan fingerprint density at radius 2 is 1.74 bits per heavy atom. The molecule has 3 amide bonds. The molecule has 1 aliphatic rings. The molecule has 1 fully saturated rings. The van der Waals surface area contributed by atoms with Crippen molar-refractivity contribution in [2.45, 2.75) is 38.3 Å². The van der Waals surface area contributed by atoms with E-state index in [2.05, 4.69) is 5.32 Å². The van der Waals surface area contributed by atoms with Crippen LogP contribution in [0, 0.1) is 10.1 Å². The van der Waals surface area contributed by atoms with Crippen molar-refractivity contribution in [3.63, 3.8) is 0 Å². The van der Waals surface area contributed by atoms with Crippen LogP contribution in [0.25, 0.3) is 0 Å². The fourth-order valence-corrected chi connectivity index (χ4v) is 3.44. The number of urea groups is 1. The third-order valence-electron chi connectivity index (χ3n) is 4.86. The number of benzene rings is 2. The molecule has 1 heterocycles. The highest BCUT2D eigenvalue weighted by Gasteiger charge is 2.51. The van der Waals surface area contributed by atoms with E-state index in [1.807, 2.05) is 37.3 Å². The maximum atomic E-state index is 13.3. The molecular formula is C20H21N3O4. The minimum Gasteiger partial charge on any atom is -0.319 e. The van der Waals surface area contributed by atoms with Gasteiger partial charge in [0.1, 0.15) is 5.54 Å². The minimum atomic E-state index is -1.13. The predicted molar refractivity (Wildman–Crippen MR) is 99.8 cm³/mol. The fourth-order valence-electron chi connectivity index (χ4n) is 3.44. The van der Waals surface area contributed by atoms with E-state index in [1.165, 1.54) is 6.07 Å². The van der Waals surface area contributed by atoms with Crippen molar-refractivity contribution in [1.29, 1.82) is 0 Å². The van der Waals surface area contributed by atoms with Gasteiger partial charge < -0.3 is 5.32 Å². The number of nitro benzene ring substituents is 1. The molecule has 1 N–H and O–H groups in total. The molecule has 0 aromatic heterocycles. The minimum absolute atomic E-state index is 0.108. The Bertz CT molecular complexity index is 869. The SMILES string of the molecule is CCCCC1(c2ccccc2)NC(=O)N(Cc2ccccc2[N+](=O)[O-])C1=O. The van der Waals surface area contributed by atoms with Gasteiger partial charge in [0, 0.05) is 11.6 Å². The molecule has 0 saturated carbocycles. The maximum Gasteiger partial charge on any atom is 0.325 e. The summed E-state index contributed by atoms with van der Waals surface area (Å²) in [5.41, 5.74) is -0.186. The highest BCUT2D eigenvalue weighted by Crippen LogP contribution is 2.35. The van der Waals surface area contributed by atoms with Gasteiger partial charge in [0.2, 0.25) is 0 Å². The number of amides is 3. The Morgan fingerprint density at radius 3 is 2.41 bits per heavy atom. The Morgan fingerprint density at radius 1 is 1.07 bits per heavy atom. The van der Waals surface area contributed by atoms with Gasteiger partial charge in [0.05, 0.1) is 11.5 Å². The van der Waals surface area contributed by atoms with Gasteiger partial charge in [-0.05, 0) is 12.0 Å². The van der Waals surface area contributed by atoms with E-state index in [0.717, 1.165) is 23.3 Å². The zero-order chi connectivity index (χ0) is 19.4. The summed E-state index contributed by atoms with van der Waals surface area (Å²) in [6.45, 7) is 1.88. The molecule has 7 heteroatoms. The van der Waals surface area contributed by atoms with Crippen molar-refractivity contribution in [2.24, 2.45) is 0 Å². The summed E-state index contributed by atoms with van der Waals surface area (Å²) in [4.78, 5) is 37.8. The predicted octanol–water partition coefficient (Wildman–Crippen LogP) is 3.73. The maximum absolute atomic E-state index is 13.3. The molecule has 7 nitrogen and oxygen atoms in total. The fraction of sp³-hybridized carbons (Fsp3) is 0.300. The van der Waals surface area contributed by atoms with Crippen molar-refractivity contribution in [1.82, 2.24) is 10.2 Å². The van der Waals surface area contributed by atoms with Crippen LogP contribution in [0.1, 0.15) is 37.3 Å². The number of carbonyl (C=O) groups is 2. The van der Waals surface area contributed by atoms with Gasteiger partial charge in [-0.3, -0.25) is 19.8 Å². The second-order valence-corrected chi connectivity index (χ2v) is 6.58. The van der Waals surface area contributed by atoms with Crippen molar-refractivity contribution >= 4 is 17.6 Å². The molecule has 3 rings (SSSR count). The van der Waals surface area contributed by atoms with Crippen molar-refractivity contribution in [3.8, 4) is 0 Å². The Labute approximate surface area is 157 Å². The number of nitro groups is 1. The van der Waals surface area contributed by atoms with Crippen LogP contribution < -0.4 is 5.32 Å². The average Bonchev–Trinajstić information content (AvgIpc) is 2.92. The summed E-state index contributed by atoms with van der Waals surface area (Å²) < 4.78 is 0. The Hall–Kier alpha value is -3.22. The molecule has 1 saturated heterocycles. The molecule has 1 unspecified atom stereocenters. The van der Waals surface area contributed by atoms with Gasteiger partial charge in [0.15, 0.2) is 0 Å². The monoisotopic (exact) mass is 367 g/mol. The first-order valence-electron chi connectivity index (χ1n) is 8.91. The summed E-state index contributed by atoms with van der Waals surface area (Å²) in [7, 11) is 0. The first-order chi connectivity index (χ1) is 13.0. The zero-order valence-corrected chi connectivity index (χ0v) is 15.1. The van der Waals surface area contributed by atoms with E-state index in [0.29, 0.717) is 12.0 Å². The third kappa shape index (κ3) is 3.40. The number of hydrogen-bond acceptors (Lipinski definition) is 4. The van der Waals surface area contributed by atoms with Gasteiger partial charge in [-0.15, -0.1) is 0 Å². The molecule has 2 aromatic carbocycles. The highest BCUT2D eigenvalue weighted by molar-refractivity contribution is 6.07. The van der Waals surface area contributed by atoms with E-state index in [-0.39, 0.29) is 18.1 Å². The lowest BCUT2D eigenvalue weighted by atomic mass is 9.85. The van der Waals surface area contributed by atoms with E-state index in [9.17, 15) is 19.7 Å². The van der Waals surface area contributed by atoms with Crippen LogP contribution in [0.4, 0.5) is 10.5 Å². The number of hydrogen-bond donors (Lipinski definition) is 1. The van der Waals surface area contributed by atoms with E-state index < -0.39 is 16.5 Å². The van der Waals surface area contributed by atoms with Crippen LogP contribution in [-0.2, 0) is 16.9 Å². The molecule has 2 aromatic rings. The molecule has 140 valence electrons. The first kappa shape index (κ1) is 18.6. The van der Waals surface area contributed by atoms with Crippen LogP contribution in [0.15, 0.2) is 54.6 Å². The van der Waals surface area contributed by atoms with Crippen molar-refractivity contribution < 1.29 is 14.5 Å². The molecule has 1 aliphatic heterocycles. The topological polar surface area (TPSA) is 92.6 Å². The molecule has 0 spiro atoms. The normalized spacial score (nSPS) is 19.2. The third-order valence-corrected chi connectivity index (χ3v) is 4.86. The van der Waals surface area contributed by atoms with Crippen molar-refractivity contribution in [3.05, 3.63) is 75.8 Å². The second-order valence-electron chi connectivity index (χ2n) is 6.58. The van der Waals surface area contributed by atoms with Gasteiger partial charge in [-0.25, -0.2) is 4.79 Å². The van der Waals surface area contributed by atoms with Crippen LogP contribution in [0.5, 0.6) is 0 Å². The summed E-state index contributed by atoms with van der Waals surface area (Å²) in [5.74, 6) is -0.370. The van der Waals surface area contributed by atoms with Gasteiger partial charge >= 0.3 is 6.03 Å². The molecular weight excluding hydrogens is 346 g/mol. The highest BCUT2D eigenvalue weighted by atomic mass is 16.6. The molecule has 0 bridgehead atoms. The smallest absolute Gasteiger partial charge is 0.319 e. The molecule has 0 radical (unpaired) electrons. The van der Waals surface area contributed by atoms with Gasteiger partial charge in [0.25, 0.3) is 11.6 Å². The molecule has 1 atom stereocenters. The number of nitrogens with one attached hydrogen (secondary N) is 1. The summed E-state index contributed by atoms with van der Waals surface area (Å²) in [5, 5.41) is 14.1. The Kier molecular flexibility index (Phi) is 5.21. The van der Waals surface area contributed by atoms with E-state index >= 15 is 0 Å². The van der Waals surface area contributed by atoms with Gasteiger partial charge in [-0.2, -0.15) is 0 Å². The van der Waals surface area contributed by atoms with Crippen LogP contribution in [0.3, 0.4) is 0 Å². The first-order valence-corrected chi connectivity index (χ1v) is 8.91.